The molecule has 0 saturated carbocycles. The first-order chi connectivity index (χ1) is 10.2. The summed E-state index contributed by atoms with van der Waals surface area (Å²) in [5, 5.41) is 7.15. The maximum absolute atomic E-state index is 5.35. The molecule has 3 aromatic rings. The summed E-state index contributed by atoms with van der Waals surface area (Å²) in [6.45, 7) is 2.00. The highest BCUT2D eigenvalue weighted by atomic mass is 32.1. The Bertz CT molecular complexity index is 823. The lowest BCUT2D eigenvalue weighted by atomic mass is 10.2. The van der Waals surface area contributed by atoms with Gasteiger partial charge >= 0.3 is 0 Å². The van der Waals surface area contributed by atoms with Gasteiger partial charge in [-0.1, -0.05) is 0 Å². The minimum absolute atomic E-state index is 0.540. The van der Waals surface area contributed by atoms with Crippen LogP contribution < -0.4 is 4.74 Å². The molecule has 0 spiro atoms. The lowest BCUT2D eigenvalue weighted by Gasteiger charge is -2.10. The predicted octanol–water partition coefficient (Wildman–Crippen LogP) is 3.31. The molecule has 0 fully saturated rings. The van der Waals surface area contributed by atoms with Crippen LogP contribution in [0, 0.1) is 11.7 Å². The third kappa shape index (κ3) is 2.45. The van der Waals surface area contributed by atoms with Crippen LogP contribution in [0.2, 0.25) is 0 Å². The van der Waals surface area contributed by atoms with Gasteiger partial charge in [0, 0.05) is 18.0 Å². The van der Waals surface area contributed by atoms with Crippen LogP contribution in [0.1, 0.15) is 5.56 Å². The first-order valence-electron chi connectivity index (χ1n) is 6.43. The van der Waals surface area contributed by atoms with Crippen LogP contribution in [0.25, 0.3) is 17.1 Å². The number of hydrogen-bond acceptors (Lipinski definition) is 4. The van der Waals surface area contributed by atoms with Gasteiger partial charge < -0.3 is 4.74 Å². The normalized spacial score (nSPS) is 10.6. The highest BCUT2D eigenvalue weighted by Gasteiger charge is 2.11. The third-order valence-corrected chi connectivity index (χ3v) is 3.50. The lowest BCUT2D eigenvalue weighted by Crippen LogP contribution is -1.99. The van der Waals surface area contributed by atoms with E-state index in [0.29, 0.717) is 4.77 Å². The summed E-state index contributed by atoms with van der Waals surface area (Å²) in [5.74, 6) is 1.58. The number of hydrogen-bond donors (Lipinski definition) is 1. The Hall–Kier alpha value is -2.47. The van der Waals surface area contributed by atoms with Gasteiger partial charge in [-0.25, -0.2) is 0 Å². The second-order valence-corrected chi connectivity index (χ2v) is 4.97. The maximum atomic E-state index is 5.35. The first-order valence-corrected chi connectivity index (χ1v) is 6.84. The van der Waals surface area contributed by atoms with Gasteiger partial charge in [-0.05, 0) is 55.0 Å². The van der Waals surface area contributed by atoms with Gasteiger partial charge in [0.25, 0.3) is 0 Å². The number of aromatic nitrogens is 4. The van der Waals surface area contributed by atoms with E-state index in [-0.39, 0.29) is 0 Å². The molecule has 0 aliphatic heterocycles. The largest absolute Gasteiger partial charge is 0.496 e. The molecule has 0 aliphatic rings. The fourth-order valence-electron chi connectivity index (χ4n) is 2.23. The molecule has 2 heterocycles. The fourth-order valence-corrected chi connectivity index (χ4v) is 2.46. The number of nitrogens with one attached hydrogen (secondary N) is 1. The van der Waals surface area contributed by atoms with Crippen LogP contribution in [0.5, 0.6) is 5.75 Å². The highest BCUT2D eigenvalue weighted by molar-refractivity contribution is 7.71. The van der Waals surface area contributed by atoms with Gasteiger partial charge in [-0.15, -0.1) is 0 Å². The minimum atomic E-state index is 0.540. The van der Waals surface area contributed by atoms with Gasteiger partial charge in [-0.3, -0.25) is 14.6 Å². The van der Waals surface area contributed by atoms with E-state index in [1.165, 1.54) is 0 Å². The predicted molar refractivity (Wildman–Crippen MR) is 83.3 cm³/mol. The fraction of sp³-hybridized carbons (Fsp3) is 0.133. The van der Waals surface area contributed by atoms with Crippen molar-refractivity contribution in [1.82, 2.24) is 19.7 Å². The van der Waals surface area contributed by atoms with Crippen LogP contribution in [0.3, 0.4) is 0 Å². The highest BCUT2D eigenvalue weighted by Crippen LogP contribution is 2.25. The minimum Gasteiger partial charge on any atom is -0.496 e. The van der Waals surface area contributed by atoms with E-state index in [9.17, 15) is 0 Å². The third-order valence-electron chi connectivity index (χ3n) is 3.23. The van der Waals surface area contributed by atoms with E-state index in [2.05, 4.69) is 15.2 Å². The van der Waals surface area contributed by atoms with E-state index in [0.717, 1.165) is 28.4 Å². The molecule has 0 radical (unpaired) electrons. The number of ether oxygens (including phenoxy) is 1. The van der Waals surface area contributed by atoms with E-state index in [1.807, 2.05) is 41.8 Å². The van der Waals surface area contributed by atoms with E-state index < -0.39 is 0 Å². The number of pyridine rings is 1. The van der Waals surface area contributed by atoms with Crippen LogP contribution in [0.15, 0.2) is 42.7 Å². The molecule has 0 bridgehead atoms. The van der Waals surface area contributed by atoms with E-state index >= 15 is 0 Å². The molecule has 2 aromatic heterocycles. The summed E-state index contributed by atoms with van der Waals surface area (Å²) in [5.41, 5.74) is 2.87. The topological polar surface area (TPSA) is 55.7 Å². The first kappa shape index (κ1) is 13.5. The van der Waals surface area contributed by atoms with Crippen molar-refractivity contribution in [3.05, 3.63) is 53.1 Å². The summed E-state index contributed by atoms with van der Waals surface area (Å²) < 4.78 is 7.72. The Morgan fingerprint density at radius 2 is 2.14 bits per heavy atom. The van der Waals surface area contributed by atoms with Gasteiger partial charge in [0.2, 0.25) is 0 Å². The van der Waals surface area contributed by atoms with Crippen molar-refractivity contribution >= 4 is 12.2 Å². The van der Waals surface area contributed by atoms with Crippen molar-refractivity contribution in [2.75, 3.05) is 7.11 Å². The molecule has 0 saturated heterocycles. The number of benzene rings is 1. The summed E-state index contributed by atoms with van der Waals surface area (Å²) in [7, 11) is 1.66. The zero-order chi connectivity index (χ0) is 14.8. The molecular weight excluding hydrogens is 284 g/mol. The van der Waals surface area contributed by atoms with Crippen molar-refractivity contribution in [1.29, 1.82) is 0 Å². The van der Waals surface area contributed by atoms with E-state index in [1.54, 1.807) is 19.5 Å². The molecule has 106 valence electrons. The summed E-state index contributed by atoms with van der Waals surface area (Å²) in [4.78, 5) is 4.13. The molecular formula is C15H14N4OS. The van der Waals surface area contributed by atoms with Crippen LogP contribution >= 0.6 is 12.2 Å². The molecule has 0 unspecified atom stereocenters. The SMILES string of the molecule is COc1ccc(-n2c(-c3cccnc3)n[nH]c2=S)cc1C. The molecule has 0 aliphatic carbocycles. The van der Waals surface area contributed by atoms with Crippen molar-refractivity contribution in [2.45, 2.75) is 6.92 Å². The molecule has 3 rings (SSSR count). The van der Waals surface area contributed by atoms with Crippen molar-refractivity contribution in [3.63, 3.8) is 0 Å². The smallest absolute Gasteiger partial charge is 0.200 e. The van der Waals surface area contributed by atoms with Crippen LogP contribution in [-0.4, -0.2) is 26.9 Å². The molecule has 0 amide bonds. The number of aryl methyl sites for hydroxylation is 1. The standard InChI is InChI=1S/C15H14N4OS/c1-10-8-12(5-6-13(10)20-2)19-14(17-18-15(19)21)11-4-3-7-16-9-11/h3-9H,1-2H3,(H,18,21). The van der Waals surface area contributed by atoms with Gasteiger partial charge in [0.1, 0.15) is 5.75 Å². The lowest BCUT2D eigenvalue weighted by molar-refractivity contribution is 0.411. The van der Waals surface area contributed by atoms with Crippen LogP contribution in [0.4, 0.5) is 0 Å². The van der Waals surface area contributed by atoms with E-state index in [4.69, 9.17) is 17.0 Å². The Labute approximate surface area is 127 Å². The Morgan fingerprint density at radius 1 is 1.29 bits per heavy atom. The monoisotopic (exact) mass is 298 g/mol. The second kappa shape index (κ2) is 5.49. The molecule has 1 N–H and O–H groups in total. The molecule has 5 nitrogen and oxygen atoms in total. The Kier molecular flexibility index (Phi) is 3.53. The Morgan fingerprint density at radius 3 is 2.81 bits per heavy atom. The van der Waals surface area contributed by atoms with Crippen LogP contribution in [-0.2, 0) is 0 Å². The van der Waals surface area contributed by atoms with Crippen molar-refractivity contribution in [3.8, 4) is 22.8 Å². The number of H-pyrrole nitrogens is 1. The van der Waals surface area contributed by atoms with Crippen molar-refractivity contribution < 1.29 is 4.74 Å². The molecule has 1 aromatic carbocycles. The average Bonchev–Trinajstić information content (AvgIpc) is 2.90. The summed E-state index contributed by atoms with van der Waals surface area (Å²) >= 11 is 5.35. The molecule has 21 heavy (non-hydrogen) atoms. The Balaban J connectivity index is 2.17. The average molecular weight is 298 g/mol. The zero-order valence-corrected chi connectivity index (χ0v) is 12.5. The summed E-state index contributed by atoms with van der Waals surface area (Å²) in [6.07, 6.45) is 3.49. The van der Waals surface area contributed by atoms with Gasteiger partial charge in [-0.2, -0.15) is 5.10 Å². The molecule has 0 atom stereocenters. The zero-order valence-electron chi connectivity index (χ0n) is 11.7. The number of aromatic amines is 1. The number of methoxy groups -OCH3 is 1. The van der Waals surface area contributed by atoms with Gasteiger partial charge in [0.05, 0.1) is 12.8 Å². The van der Waals surface area contributed by atoms with Crippen molar-refractivity contribution in [2.24, 2.45) is 0 Å². The summed E-state index contributed by atoms with van der Waals surface area (Å²) in [6, 6.07) is 9.72. The number of nitrogens with zero attached hydrogens (tertiary/aromatic N) is 3. The maximum Gasteiger partial charge on any atom is 0.200 e. The second-order valence-electron chi connectivity index (χ2n) is 4.58. The number of rotatable bonds is 3. The molecule has 6 heteroatoms. The van der Waals surface area contributed by atoms with Gasteiger partial charge in [0.15, 0.2) is 10.6 Å². The quantitative estimate of drug-likeness (QED) is 0.754.